The van der Waals surface area contributed by atoms with Crippen LogP contribution in [0.15, 0.2) is 16.9 Å². The lowest BCUT2D eigenvalue weighted by Gasteiger charge is -2.05. The lowest BCUT2D eigenvalue weighted by atomic mass is 10.2. The third-order valence-electron chi connectivity index (χ3n) is 1.68. The minimum atomic E-state index is -1.16. The molecule has 5 N–H and O–H groups in total. The van der Waals surface area contributed by atoms with Crippen molar-refractivity contribution in [2.24, 2.45) is 16.5 Å². The zero-order chi connectivity index (χ0) is 12.0. The largest absolute Gasteiger partial charge is 0.480 e. The predicted molar refractivity (Wildman–Crippen MR) is 56.2 cm³/mol. The first kappa shape index (κ1) is 13.6. The number of nitrogens with zero attached hydrogens (tertiary/aromatic N) is 1. The summed E-state index contributed by atoms with van der Waals surface area (Å²) in [5, 5.41) is 8.45. The molecule has 0 amide bonds. The first-order valence-electron chi connectivity index (χ1n) is 4.48. The van der Waals surface area contributed by atoms with E-state index in [4.69, 9.17) is 16.6 Å². The molecule has 0 saturated carbocycles. The van der Waals surface area contributed by atoms with E-state index in [1.807, 2.05) is 0 Å². The summed E-state index contributed by atoms with van der Waals surface area (Å²) in [5.41, 5.74) is 10.5. The van der Waals surface area contributed by atoms with Crippen LogP contribution in [0, 0.1) is 0 Å². The number of hydrogen-bond donors (Lipinski definition) is 3. The van der Waals surface area contributed by atoms with Crippen LogP contribution in [0.5, 0.6) is 0 Å². The van der Waals surface area contributed by atoms with Crippen LogP contribution < -0.4 is 11.5 Å². The second-order valence-electron chi connectivity index (χ2n) is 3.22. The van der Waals surface area contributed by atoms with Crippen molar-refractivity contribution in [2.45, 2.75) is 32.4 Å². The highest BCUT2D eigenvalue weighted by molar-refractivity contribution is 5.77. The Labute approximate surface area is 87.7 Å². The van der Waals surface area contributed by atoms with E-state index in [9.17, 15) is 9.18 Å². The zero-order valence-electron chi connectivity index (χ0n) is 8.77. The molecule has 15 heavy (non-hydrogen) atoms. The number of nitrogens with two attached hydrogens (primary N) is 2. The maximum Gasteiger partial charge on any atom is 0.320 e. The minimum absolute atomic E-state index is 0.0648. The molecule has 0 rings (SSSR count). The van der Waals surface area contributed by atoms with Gasteiger partial charge in [0, 0.05) is 0 Å². The number of hydrogen-bond acceptors (Lipinski definition) is 3. The molecule has 0 aliphatic heterocycles. The number of carboxylic acid groups (broad SMARTS) is 1. The van der Waals surface area contributed by atoms with E-state index in [1.165, 1.54) is 6.92 Å². The van der Waals surface area contributed by atoms with Crippen LogP contribution in [0.1, 0.15) is 20.3 Å². The van der Waals surface area contributed by atoms with Gasteiger partial charge >= 0.3 is 5.97 Å². The van der Waals surface area contributed by atoms with Crippen LogP contribution in [0.3, 0.4) is 0 Å². The van der Waals surface area contributed by atoms with E-state index < -0.39 is 23.9 Å². The molecule has 0 bridgehead atoms. The summed E-state index contributed by atoms with van der Waals surface area (Å²) in [4.78, 5) is 14.1. The highest BCUT2D eigenvalue weighted by Crippen LogP contribution is 2.09. The summed E-state index contributed by atoms with van der Waals surface area (Å²) in [6, 6.07) is -1.79. The van der Waals surface area contributed by atoms with E-state index in [0.29, 0.717) is 0 Å². The van der Waals surface area contributed by atoms with Crippen LogP contribution in [-0.2, 0) is 4.79 Å². The number of carbonyl (C=O) groups is 1. The van der Waals surface area contributed by atoms with Gasteiger partial charge in [-0.1, -0.05) is 0 Å². The molecule has 86 valence electrons. The summed E-state index contributed by atoms with van der Waals surface area (Å²) in [7, 11) is 0. The van der Waals surface area contributed by atoms with Gasteiger partial charge in [0.2, 0.25) is 0 Å². The van der Waals surface area contributed by atoms with Gasteiger partial charge in [-0.25, -0.2) is 4.39 Å². The monoisotopic (exact) mass is 217 g/mol. The molecule has 0 fully saturated rings. The Balaban J connectivity index is 4.32. The quantitative estimate of drug-likeness (QED) is 0.458. The van der Waals surface area contributed by atoms with Crippen LogP contribution >= 0.6 is 0 Å². The Morgan fingerprint density at radius 1 is 1.67 bits per heavy atom. The molecule has 0 saturated heterocycles. The van der Waals surface area contributed by atoms with Crippen LogP contribution in [0.2, 0.25) is 0 Å². The smallest absolute Gasteiger partial charge is 0.320 e. The summed E-state index contributed by atoms with van der Waals surface area (Å²) in [6.07, 6.45) is 1.06. The van der Waals surface area contributed by atoms with Gasteiger partial charge < -0.3 is 16.6 Å². The maximum atomic E-state index is 13.2. The average Bonchev–Trinajstić information content (AvgIpc) is 2.12. The summed E-state index contributed by atoms with van der Waals surface area (Å²) in [5.74, 6) is -1.42. The fourth-order valence-corrected chi connectivity index (χ4v) is 0.878. The van der Waals surface area contributed by atoms with Gasteiger partial charge in [-0.2, -0.15) is 0 Å². The first-order chi connectivity index (χ1) is 6.84. The second-order valence-corrected chi connectivity index (χ2v) is 3.22. The summed E-state index contributed by atoms with van der Waals surface area (Å²) in [6.45, 7) is 3.07. The van der Waals surface area contributed by atoms with E-state index in [-0.39, 0.29) is 12.3 Å². The van der Waals surface area contributed by atoms with Crippen LogP contribution in [0.4, 0.5) is 4.39 Å². The molecule has 5 nitrogen and oxygen atoms in total. The second kappa shape index (κ2) is 6.13. The molecule has 6 heteroatoms. The van der Waals surface area contributed by atoms with Crippen molar-refractivity contribution >= 4 is 11.8 Å². The molecule has 2 atom stereocenters. The fourth-order valence-electron chi connectivity index (χ4n) is 0.878. The Morgan fingerprint density at radius 3 is 2.60 bits per heavy atom. The molecular weight excluding hydrogens is 201 g/mol. The highest BCUT2D eigenvalue weighted by Gasteiger charge is 2.12. The number of rotatable bonds is 5. The minimum Gasteiger partial charge on any atom is -0.480 e. The fraction of sp³-hybridized carbons (Fsp3) is 0.556. The van der Waals surface area contributed by atoms with E-state index in [2.05, 4.69) is 4.99 Å². The maximum absolute atomic E-state index is 13.2. The van der Waals surface area contributed by atoms with E-state index in [0.717, 1.165) is 6.08 Å². The molecule has 1 unspecified atom stereocenters. The summed E-state index contributed by atoms with van der Waals surface area (Å²) < 4.78 is 13.2. The number of aliphatic carboxylic acids is 1. The van der Waals surface area contributed by atoms with Gasteiger partial charge in [0.15, 0.2) is 0 Å². The van der Waals surface area contributed by atoms with E-state index >= 15 is 0 Å². The van der Waals surface area contributed by atoms with Gasteiger partial charge in [0.25, 0.3) is 0 Å². The third kappa shape index (κ3) is 5.79. The standard InChI is InChI=1S/C9H16FN3O2/c1-5(13-6(2)11)7(10)3-4-8(12)9(14)15/h3,5,8H,4,12H2,1-2H3,(H2,11,13)(H,14,15)/b7-3+/t5?,8-/m0/s1. The normalized spacial score (nSPS) is 17.3. The Hall–Kier alpha value is -1.43. The number of amidine groups is 1. The Bertz CT molecular complexity index is 285. The van der Waals surface area contributed by atoms with Crippen molar-refractivity contribution in [3.8, 4) is 0 Å². The average molecular weight is 217 g/mol. The first-order valence-corrected chi connectivity index (χ1v) is 4.48. The van der Waals surface area contributed by atoms with Gasteiger partial charge in [-0.05, 0) is 26.3 Å². The van der Waals surface area contributed by atoms with Gasteiger partial charge in [-0.3, -0.25) is 9.79 Å². The molecule has 0 aromatic heterocycles. The molecule has 0 spiro atoms. The number of carboxylic acids is 1. The lowest BCUT2D eigenvalue weighted by Crippen LogP contribution is -2.29. The van der Waals surface area contributed by atoms with Gasteiger partial charge in [-0.15, -0.1) is 0 Å². The van der Waals surface area contributed by atoms with Crippen molar-refractivity contribution in [3.05, 3.63) is 11.9 Å². The lowest BCUT2D eigenvalue weighted by molar-refractivity contribution is -0.138. The Kier molecular flexibility index (Phi) is 5.54. The molecule has 0 aromatic carbocycles. The molecule has 0 aromatic rings. The summed E-state index contributed by atoms with van der Waals surface area (Å²) >= 11 is 0. The van der Waals surface area contributed by atoms with Crippen LogP contribution in [-0.4, -0.2) is 29.0 Å². The number of halogens is 1. The van der Waals surface area contributed by atoms with Crippen LogP contribution in [0.25, 0.3) is 0 Å². The molecular formula is C9H16FN3O2. The predicted octanol–water partition coefficient (Wildman–Crippen LogP) is 0.407. The Morgan fingerprint density at radius 2 is 2.20 bits per heavy atom. The third-order valence-corrected chi connectivity index (χ3v) is 1.68. The van der Waals surface area contributed by atoms with Crippen molar-refractivity contribution in [1.82, 2.24) is 0 Å². The number of aliphatic imine (C=N–C) groups is 1. The van der Waals surface area contributed by atoms with Gasteiger partial charge in [0.1, 0.15) is 17.9 Å². The highest BCUT2D eigenvalue weighted by atomic mass is 19.1. The molecule has 0 aliphatic rings. The zero-order valence-corrected chi connectivity index (χ0v) is 8.77. The van der Waals surface area contributed by atoms with Gasteiger partial charge in [0.05, 0.1) is 5.84 Å². The molecule has 0 aliphatic carbocycles. The SMILES string of the molecule is CC(N)=NC(C)/C(F)=C\C[C@H](N)C(=O)O. The van der Waals surface area contributed by atoms with Crippen molar-refractivity contribution in [3.63, 3.8) is 0 Å². The van der Waals surface area contributed by atoms with Crippen molar-refractivity contribution < 1.29 is 14.3 Å². The van der Waals surface area contributed by atoms with E-state index in [1.54, 1.807) is 6.92 Å². The van der Waals surface area contributed by atoms with Crippen molar-refractivity contribution in [2.75, 3.05) is 0 Å². The van der Waals surface area contributed by atoms with Crippen molar-refractivity contribution in [1.29, 1.82) is 0 Å². The molecule has 0 radical (unpaired) electrons. The topological polar surface area (TPSA) is 102 Å². The molecule has 0 heterocycles.